The molecule has 1 aromatic heterocycles. The number of halogens is 1. The number of nitrogens with zero attached hydrogens (tertiary/aromatic N) is 3. The van der Waals surface area contributed by atoms with Crippen molar-refractivity contribution in [2.45, 2.75) is 47.0 Å². The normalized spacial score (nSPS) is 16.7. The van der Waals surface area contributed by atoms with Crippen molar-refractivity contribution in [1.29, 1.82) is 0 Å². The number of carbonyl (C=O) groups excluding carboxylic acids is 2. The van der Waals surface area contributed by atoms with Gasteiger partial charge in [0.1, 0.15) is 5.82 Å². The molecule has 1 amide bonds. The number of rotatable bonds is 6. The van der Waals surface area contributed by atoms with Gasteiger partial charge in [-0.05, 0) is 57.2 Å². The number of ether oxygens (including phenoxy) is 1. The second kappa shape index (κ2) is 9.41. The molecule has 0 N–H and O–H groups in total. The van der Waals surface area contributed by atoms with Crippen LogP contribution in [-0.2, 0) is 16.0 Å². The van der Waals surface area contributed by atoms with E-state index in [0.29, 0.717) is 54.7 Å². The Hall–Kier alpha value is -2.70. The number of amides is 1. The topological polar surface area (TPSA) is 64.4 Å². The van der Waals surface area contributed by atoms with Crippen LogP contribution in [0.3, 0.4) is 0 Å². The highest BCUT2D eigenvalue weighted by Crippen LogP contribution is 2.26. The fourth-order valence-electron chi connectivity index (χ4n) is 4.00. The monoisotopic (exact) mass is 415 g/mol. The zero-order chi connectivity index (χ0) is 21.8. The van der Waals surface area contributed by atoms with Crippen LogP contribution in [0.15, 0.2) is 24.3 Å². The molecule has 0 aliphatic carbocycles. The molecule has 0 bridgehead atoms. The average molecular weight is 416 g/mol. The number of piperidine rings is 1. The lowest BCUT2D eigenvalue weighted by atomic mass is 9.96. The van der Waals surface area contributed by atoms with Crippen LogP contribution in [-0.4, -0.2) is 46.3 Å². The van der Waals surface area contributed by atoms with Gasteiger partial charge in [0.05, 0.1) is 35.2 Å². The molecule has 6 nitrogen and oxygen atoms in total. The van der Waals surface area contributed by atoms with Crippen molar-refractivity contribution >= 4 is 11.9 Å². The summed E-state index contributed by atoms with van der Waals surface area (Å²) in [5.74, 6) is -0.714. The summed E-state index contributed by atoms with van der Waals surface area (Å²) in [4.78, 5) is 27.4. The molecular weight excluding hydrogens is 385 g/mol. The molecule has 162 valence electrons. The van der Waals surface area contributed by atoms with E-state index in [2.05, 4.69) is 18.9 Å². The van der Waals surface area contributed by atoms with Crippen molar-refractivity contribution < 1.29 is 18.7 Å². The molecule has 7 heteroatoms. The van der Waals surface area contributed by atoms with Gasteiger partial charge in [0.15, 0.2) is 0 Å². The van der Waals surface area contributed by atoms with Crippen molar-refractivity contribution in [1.82, 2.24) is 14.7 Å². The third-order valence-corrected chi connectivity index (χ3v) is 5.39. The molecule has 1 aromatic carbocycles. The van der Waals surface area contributed by atoms with E-state index in [1.54, 1.807) is 28.6 Å². The summed E-state index contributed by atoms with van der Waals surface area (Å²) in [6, 6.07) is 6.19. The van der Waals surface area contributed by atoms with E-state index in [-0.39, 0.29) is 23.6 Å². The number of aromatic nitrogens is 2. The fraction of sp³-hybridized carbons (Fsp3) is 0.522. The van der Waals surface area contributed by atoms with E-state index in [0.717, 1.165) is 12.8 Å². The van der Waals surface area contributed by atoms with Crippen LogP contribution >= 0.6 is 0 Å². The van der Waals surface area contributed by atoms with E-state index in [1.165, 1.54) is 12.1 Å². The van der Waals surface area contributed by atoms with Gasteiger partial charge in [0.2, 0.25) is 0 Å². The van der Waals surface area contributed by atoms with Crippen molar-refractivity contribution in [2.24, 2.45) is 11.8 Å². The van der Waals surface area contributed by atoms with E-state index in [4.69, 9.17) is 4.74 Å². The maximum Gasteiger partial charge on any atom is 0.310 e. The van der Waals surface area contributed by atoms with Crippen molar-refractivity contribution in [3.8, 4) is 5.69 Å². The number of likely N-dealkylation sites (tertiary alicyclic amines) is 1. The molecule has 0 saturated carbocycles. The molecular formula is C23H30FN3O3. The van der Waals surface area contributed by atoms with Crippen LogP contribution < -0.4 is 0 Å². The number of hydrogen-bond donors (Lipinski definition) is 0. The molecule has 1 saturated heterocycles. The van der Waals surface area contributed by atoms with Gasteiger partial charge in [-0.2, -0.15) is 5.10 Å². The zero-order valence-electron chi connectivity index (χ0n) is 18.2. The molecule has 3 rings (SSSR count). The fourth-order valence-corrected chi connectivity index (χ4v) is 4.00. The second-order valence-electron chi connectivity index (χ2n) is 8.24. The van der Waals surface area contributed by atoms with Gasteiger partial charge in [-0.3, -0.25) is 9.59 Å². The Bertz CT molecular complexity index is 922. The van der Waals surface area contributed by atoms with E-state index < -0.39 is 0 Å². The van der Waals surface area contributed by atoms with E-state index >= 15 is 0 Å². The lowest BCUT2D eigenvalue weighted by Gasteiger charge is -2.31. The molecule has 1 atom stereocenters. The number of esters is 1. The number of benzene rings is 1. The van der Waals surface area contributed by atoms with Crippen LogP contribution in [0.5, 0.6) is 0 Å². The largest absolute Gasteiger partial charge is 0.466 e. The summed E-state index contributed by atoms with van der Waals surface area (Å²) in [5, 5.41) is 4.67. The van der Waals surface area contributed by atoms with Crippen LogP contribution in [0, 0.1) is 24.6 Å². The molecule has 1 aliphatic heterocycles. The van der Waals surface area contributed by atoms with Crippen molar-refractivity contribution in [3.63, 3.8) is 0 Å². The molecule has 1 fully saturated rings. The average Bonchev–Trinajstić information content (AvgIpc) is 3.03. The Morgan fingerprint density at radius 1 is 1.33 bits per heavy atom. The van der Waals surface area contributed by atoms with Gasteiger partial charge in [-0.25, -0.2) is 9.07 Å². The minimum absolute atomic E-state index is 0.125. The minimum atomic E-state index is -0.353. The molecule has 1 aliphatic rings. The number of hydrogen-bond acceptors (Lipinski definition) is 4. The summed E-state index contributed by atoms with van der Waals surface area (Å²) >= 11 is 0. The van der Waals surface area contributed by atoms with Crippen LogP contribution in [0.2, 0.25) is 0 Å². The highest BCUT2D eigenvalue weighted by atomic mass is 19.1. The molecule has 2 aromatic rings. The first-order valence-electron chi connectivity index (χ1n) is 10.6. The maximum absolute atomic E-state index is 13.8. The summed E-state index contributed by atoms with van der Waals surface area (Å²) in [6.45, 7) is 9.05. The van der Waals surface area contributed by atoms with Gasteiger partial charge >= 0.3 is 5.97 Å². The van der Waals surface area contributed by atoms with E-state index in [1.807, 2.05) is 6.92 Å². The third-order valence-electron chi connectivity index (χ3n) is 5.39. The van der Waals surface area contributed by atoms with Crippen molar-refractivity contribution in [3.05, 3.63) is 47.0 Å². The Balaban J connectivity index is 1.95. The van der Waals surface area contributed by atoms with Gasteiger partial charge in [-0.1, -0.05) is 19.9 Å². The lowest BCUT2D eigenvalue weighted by molar-refractivity contribution is -0.149. The van der Waals surface area contributed by atoms with Crippen LogP contribution in [0.25, 0.3) is 5.69 Å². The Morgan fingerprint density at radius 2 is 2.10 bits per heavy atom. The molecule has 30 heavy (non-hydrogen) atoms. The summed E-state index contributed by atoms with van der Waals surface area (Å²) in [6.07, 6.45) is 2.12. The van der Waals surface area contributed by atoms with Gasteiger partial charge in [-0.15, -0.1) is 0 Å². The van der Waals surface area contributed by atoms with Gasteiger partial charge < -0.3 is 9.64 Å². The molecule has 0 spiro atoms. The van der Waals surface area contributed by atoms with Gasteiger partial charge in [0, 0.05) is 13.1 Å². The Morgan fingerprint density at radius 3 is 2.77 bits per heavy atom. The molecule has 2 heterocycles. The quantitative estimate of drug-likeness (QED) is 0.671. The highest BCUT2D eigenvalue weighted by Gasteiger charge is 2.33. The van der Waals surface area contributed by atoms with Crippen molar-refractivity contribution in [2.75, 3.05) is 19.7 Å². The number of carbonyl (C=O) groups is 2. The third kappa shape index (κ3) is 4.71. The highest BCUT2D eigenvalue weighted by molar-refractivity contribution is 5.97. The second-order valence-corrected chi connectivity index (χ2v) is 8.24. The summed E-state index contributed by atoms with van der Waals surface area (Å²) in [7, 11) is 0. The zero-order valence-corrected chi connectivity index (χ0v) is 18.2. The minimum Gasteiger partial charge on any atom is -0.466 e. The van der Waals surface area contributed by atoms with E-state index in [9.17, 15) is 14.0 Å². The van der Waals surface area contributed by atoms with Crippen LogP contribution in [0.1, 0.15) is 55.4 Å². The Labute approximate surface area is 177 Å². The molecule has 0 unspecified atom stereocenters. The summed E-state index contributed by atoms with van der Waals surface area (Å²) < 4.78 is 20.6. The summed E-state index contributed by atoms with van der Waals surface area (Å²) in [5.41, 5.74) is 2.52. The SMILES string of the molecule is CCOC(=O)[C@H]1CCCN(C(=O)c2c(CC(C)C)nn(-c3cccc(F)c3)c2C)C1. The van der Waals surface area contributed by atoms with Crippen LogP contribution in [0.4, 0.5) is 4.39 Å². The van der Waals surface area contributed by atoms with Gasteiger partial charge in [0.25, 0.3) is 5.91 Å². The lowest BCUT2D eigenvalue weighted by Crippen LogP contribution is -2.43. The molecule has 0 radical (unpaired) electrons. The standard InChI is InChI=1S/C23H30FN3O3/c1-5-30-23(29)17-8-7-11-26(14-17)22(28)21-16(4)27(25-20(21)12-15(2)3)19-10-6-9-18(24)13-19/h6,9-10,13,15,17H,5,7-8,11-12,14H2,1-4H3/t17-/m0/s1. The predicted molar refractivity (Wildman–Crippen MR) is 112 cm³/mol. The first kappa shape index (κ1) is 22.0. The predicted octanol–water partition coefficient (Wildman–Crippen LogP) is 3.93. The smallest absolute Gasteiger partial charge is 0.310 e. The first-order valence-corrected chi connectivity index (χ1v) is 10.6. The first-order chi connectivity index (χ1) is 14.3. The maximum atomic E-state index is 13.8. The Kier molecular flexibility index (Phi) is 6.90.